The van der Waals surface area contributed by atoms with Gasteiger partial charge in [-0.25, -0.2) is 8.42 Å². The summed E-state index contributed by atoms with van der Waals surface area (Å²) in [4.78, 5) is 10.0. The third-order valence-corrected chi connectivity index (χ3v) is 6.90. The van der Waals surface area contributed by atoms with E-state index in [0.717, 1.165) is 23.8 Å². The molecule has 0 spiro atoms. The highest BCUT2D eigenvalue weighted by Crippen LogP contribution is 2.39. The molecule has 2 unspecified atom stereocenters. The van der Waals surface area contributed by atoms with Crippen LogP contribution >= 0.6 is 22.9 Å². The van der Waals surface area contributed by atoms with Gasteiger partial charge in [0.05, 0.1) is 4.92 Å². The Kier molecular flexibility index (Phi) is 3.87. The molecule has 0 aromatic carbocycles. The minimum absolute atomic E-state index is 0.0647. The summed E-state index contributed by atoms with van der Waals surface area (Å²) in [5, 5.41) is 10.7. The molecule has 1 aliphatic heterocycles. The lowest BCUT2D eigenvalue weighted by Gasteiger charge is -2.19. The largest absolute Gasteiger partial charge is 0.300 e. The molecule has 2 rings (SSSR count). The fourth-order valence-electron chi connectivity index (χ4n) is 2.30. The van der Waals surface area contributed by atoms with Gasteiger partial charge in [-0.05, 0) is 19.3 Å². The average Bonchev–Trinajstić information content (AvgIpc) is 2.82. The molecular formula is C10H13ClN2O4S2. The number of rotatable bonds is 3. The molecule has 1 aliphatic rings. The van der Waals surface area contributed by atoms with Crippen LogP contribution in [0, 0.1) is 16.0 Å². The van der Waals surface area contributed by atoms with Crippen LogP contribution < -0.4 is 0 Å². The molecule has 0 amide bonds. The number of nitro groups is 1. The SMILES string of the molecule is CC1CC(C)N(S(=O)(=O)c2cc([N+](=O)[O-])c(Cl)s2)C1. The third-order valence-electron chi connectivity index (χ3n) is 3.13. The molecule has 1 saturated heterocycles. The van der Waals surface area contributed by atoms with E-state index in [-0.39, 0.29) is 26.2 Å². The van der Waals surface area contributed by atoms with Crippen LogP contribution in [-0.2, 0) is 10.0 Å². The van der Waals surface area contributed by atoms with Crippen molar-refractivity contribution in [2.75, 3.05) is 6.54 Å². The molecule has 0 saturated carbocycles. The average molecular weight is 325 g/mol. The smallest absolute Gasteiger partial charge is 0.258 e. The van der Waals surface area contributed by atoms with Gasteiger partial charge in [-0.1, -0.05) is 18.5 Å². The maximum absolute atomic E-state index is 12.4. The van der Waals surface area contributed by atoms with E-state index in [9.17, 15) is 18.5 Å². The maximum Gasteiger partial charge on any atom is 0.300 e. The molecule has 0 N–H and O–H groups in total. The number of hydrogen-bond donors (Lipinski definition) is 0. The quantitative estimate of drug-likeness (QED) is 0.632. The topological polar surface area (TPSA) is 80.5 Å². The Morgan fingerprint density at radius 2 is 2.16 bits per heavy atom. The summed E-state index contributed by atoms with van der Waals surface area (Å²) < 4.78 is 26.1. The molecule has 0 bridgehead atoms. The van der Waals surface area contributed by atoms with Crippen LogP contribution in [0.15, 0.2) is 10.3 Å². The minimum Gasteiger partial charge on any atom is -0.258 e. The van der Waals surface area contributed by atoms with Gasteiger partial charge >= 0.3 is 0 Å². The second-order valence-electron chi connectivity index (χ2n) is 4.75. The van der Waals surface area contributed by atoms with Crippen LogP contribution in [-0.4, -0.2) is 30.2 Å². The monoisotopic (exact) mass is 324 g/mol. The van der Waals surface area contributed by atoms with Gasteiger partial charge in [0.15, 0.2) is 4.34 Å². The van der Waals surface area contributed by atoms with Crippen LogP contribution in [0.25, 0.3) is 0 Å². The Morgan fingerprint density at radius 3 is 2.58 bits per heavy atom. The van der Waals surface area contributed by atoms with Gasteiger partial charge in [0.2, 0.25) is 0 Å². The number of nitrogens with zero attached hydrogens (tertiary/aromatic N) is 2. The first-order valence-electron chi connectivity index (χ1n) is 5.69. The molecule has 1 aromatic rings. The van der Waals surface area contributed by atoms with Gasteiger partial charge in [0, 0.05) is 18.7 Å². The van der Waals surface area contributed by atoms with E-state index < -0.39 is 14.9 Å². The summed E-state index contributed by atoms with van der Waals surface area (Å²) in [5.41, 5.74) is -0.356. The van der Waals surface area contributed by atoms with Gasteiger partial charge in [0.25, 0.3) is 15.7 Å². The van der Waals surface area contributed by atoms with E-state index in [0.29, 0.717) is 6.54 Å². The van der Waals surface area contributed by atoms with Gasteiger partial charge in [-0.15, -0.1) is 11.3 Å². The fraction of sp³-hybridized carbons (Fsp3) is 0.600. The second-order valence-corrected chi connectivity index (χ2v) is 8.52. The zero-order valence-corrected chi connectivity index (χ0v) is 12.8. The van der Waals surface area contributed by atoms with Crippen LogP contribution in [0.3, 0.4) is 0 Å². The Balaban J connectivity index is 2.40. The molecule has 6 nitrogen and oxygen atoms in total. The zero-order valence-electron chi connectivity index (χ0n) is 10.4. The van der Waals surface area contributed by atoms with Crippen molar-refractivity contribution in [3.63, 3.8) is 0 Å². The molecule has 19 heavy (non-hydrogen) atoms. The summed E-state index contributed by atoms with van der Waals surface area (Å²) in [6.45, 7) is 4.26. The molecular weight excluding hydrogens is 312 g/mol. The molecule has 106 valence electrons. The predicted octanol–water partition coefficient (Wildman–Crippen LogP) is 2.73. The molecule has 1 aromatic heterocycles. The lowest BCUT2D eigenvalue weighted by molar-refractivity contribution is -0.384. The standard InChI is InChI=1S/C10H13ClN2O4S2/c1-6-3-7(2)12(5-6)19(16,17)9-4-8(13(14)15)10(11)18-9/h4,6-7H,3,5H2,1-2H3. The molecule has 1 fully saturated rings. The Labute approximate surface area is 120 Å². The van der Waals surface area contributed by atoms with Crippen molar-refractivity contribution in [3.05, 3.63) is 20.5 Å². The highest BCUT2D eigenvalue weighted by molar-refractivity contribution is 7.91. The van der Waals surface area contributed by atoms with Crippen molar-refractivity contribution in [2.24, 2.45) is 5.92 Å². The summed E-state index contributed by atoms with van der Waals surface area (Å²) >= 11 is 6.45. The van der Waals surface area contributed by atoms with E-state index in [1.54, 1.807) is 0 Å². The van der Waals surface area contributed by atoms with Crippen molar-refractivity contribution in [1.29, 1.82) is 0 Å². The number of halogens is 1. The first kappa shape index (κ1) is 14.7. The summed E-state index contributed by atoms with van der Waals surface area (Å²) in [6.07, 6.45) is 0.792. The predicted molar refractivity (Wildman–Crippen MR) is 73.1 cm³/mol. The first-order valence-corrected chi connectivity index (χ1v) is 8.32. The van der Waals surface area contributed by atoms with E-state index in [4.69, 9.17) is 11.6 Å². The van der Waals surface area contributed by atoms with Crippen LogP contribution in [0.4, 0.5) is 5.69 Å². The Bertz CT molecular complexity index is 613. The molecule has 9 heteroatoms. The van der Waals surface area contributed by atoms with Gasteiger partial charge in [-0.3, -0.25) is 10.1 Å². The molecule has 0 radical (unpaired) electrons. The summed E-state index contributed by atoms with van der Waals surface area (Å²) in [6, 6.07) is 0.942. The van der Waals surface area contributed by atoms with E-state index in [1.165, 1.54) is 4.31 Å². The van der Waals surface area contributed by atoms with E-state index >= 15 is 0 Å². The maximum atomic E-state index is 12.4. The van der Waals surface area contributed by atoms with Crippen molar-refractivity contribution in [1.82, 2.24) is 4.31 Å². The van der Waals surface area contributed by atoms with Gasteiger partial charge < -0.3 is 0 Å². The second kappa shape index (κ2) is 5.01. The van der Waals surface area contributed by atoms with Gasteiger partial charge in [0.1, 0.15) is 4.21 Å². The van der Waals surface area contributed by atoms with Crippen LogP contribution in [0.2, 0.25) is 4.34 Å². The van der Waals surface area contributed by atoms with E-state index in [2.05, 4.69) is 0 Å². The lowest BCUT2D eigenvalue weighted by atomic mass is 10.1. The highest BCUT2D eigenvalue weighted by Gasteiger charge is 2.38. The van der Waals surface area contributed by atoms with Crippen LogP contribution in [0.5, 0.6) is 0 Å². The molecule has 2 atom stereocenters. The van der Waals surface area contributed by atoms with Crippen LogP contribution in [0.1, 0.15) is 20.3 Å². The first-order chi connectivity index (χ1) is 8.73. The van der Waals surface area contributed by atoms with Gasteiger partial charge in [-0.2, -0.15) is 4.31 Å². The molecule has 2 heterocycles. The fourth-order valence-corrected chi connectivity index (χ4v) is 5.86. The summed E-state index contributed by atoms with van der Waals surface area (Å²) in [7, 11) is -3.69. The highest BCUT2D eigenvalue weighted by atomic mass is 35.5. The van der Waals surface area contributed by atoms with Crippen molar-refractivity contribution >= 4 is 38.6 Å². The van der Waals surface area contributed by atoms with E-state index in [1.807, 2.05) is 13.8 Å². The number of sulfonamides is 1. The number of hydrogen-bond acceptors (Lipinski definition) is 5. The normalized spacial score (nSPS) is 24.8. The number of thiophene rings is 1. The Hall–Kier alpha value is -0.700. The summed E-state index contributed by atoms with van der Waals surface area (Å²) in [5.74, 6) is 0.287. The third kappa shape index (κ3) is 2.62. The lowest BCUT2D eigenvalue weighted by Crippen LogP contribution is -2.33. The minimum atomic E-state index is -3.69. The van der Waals surface area contributed by atoms with Crippen molar-refractivity contribution in [3.8, 4) is 0 Å². The Morgan fingerprint density at radius 1 is 1.53 bits per heavy atom. The zero-order chi connectivity index (χ0) is 14.4. The van der Waals surface area contributed by atoms with Crippen molar-refractivity contribution in [2.45, 2.75) is 30.5 Å². The van der Waals surface area contributed by atoms with Crippen molar-refractivity contribution < 1.29 is 13.3 Å². The molecule has 0 aliphatic carbocycles.